The van der Waals surface area contributed by atoms with Crippen LogP contribution < -0.4 is 4.74 Å². The summed E-state index contributed by atoms with van der Waals surface area (Å²) in [5.41, 5.74) is 1.09. The Morgan fingerprint density at radius 3 is 2.56 bits per heavy atom. The van der Waals surface area contributed by atoms with Gasteiger partial charge in [0, 0.05) is 50.5 Å². The molecule has 4 rings (SSSR count). The maximum absolute atomic E-state index is 13.2. The van der Waals surface area contributed by atoms with Gasteiger partial charge in [0.15, 0.2) is 0 Å². The first-order valence-corrected chi connectivity index (χ1v) is 12.6. The minimum Gasteiger partial charge on any atom is -0.490 e. The monoisotopic (exact) mass is 483 g/mol. The minimum atomic E-state index is -0.150. The van der Waals surface area contributed by atoms with Crippen LogP contribution in [0.2, 0.25) is 5.02 Å². The zero-order valence-corrected chi connectivity index (χ0v) is 20.6. The van der Waals surface area contributed by atoms with Crippen LogP contribution in [0.1, 0.15) is 31.2 Å². The highest BCUT2D eigenvalue weighted by Gasteiger charge is 2.35. The van der Waals surface area contributed by atoms with E-state index in [1.807, 2.05) is 60.5 Å². The lowest BCUT2D eigenvalue weighted by Gasteiger charge is -2.39. The molecule has 6 nitrogen and oxygen atoms in total. The lowest BCUT2D eigenvalue weighted by molar-refractivity contribution is -0.139. The number of likely N-dealkylation sites (tertiary alicyclic amines) is 2. The van der Waals surface area contributed by atoms with Crippen molar-refractivity contribution in [3.8, 4) is 5.75 Å². The first kappa shape index (κ1) is 24.6. The van der Waals surface area contributed by atoms with E-state index in [4.69, 9.17) is 16.3 Å². The molecule has 2 fully saturated rings. The van der Waals surface area contributed by atoms with Crippen molar-refractivity contribution >= 4 is 23.4 Å². The second-order valence-corrected chi connectivity index (χ2v) is 9.86. The number of carbonyl (C=O) groups is 2. The Morgan fingerprint density at radius 2 is 1.82 bits per heavy atom. The Bertz CT molecular complexity index is 965. The number of carbonyl (C=O) groups excluding carboxylic acids is 2. The number of hydrogen-bond acceptors (Lipinski definition) is 4. The number of nitrogens with zero attached hydrogens (tertiary/aromatic N) is 3. The van der Waals surface area contributed by atoms with Crippen molar-refractivity contribution in [1.82, 2.24) is 14.7 Å². The Balaban J connectivity index is 1.42. The average molecular weight is 484 g/mol. The molecule has 0 N–H and O–H groups in total. The fraction of sp³-hybridized carbons (Fsp3) is 0.481. The van der Waals surface area contributed by atoms with Crippen molar-refractivity contribution in [1.29, 1.82) is 0 Å². The summed E-state index contributed by atoms with van der Waals surface area (Å²) < 4.78 is 6.31. The second-order valence-electron chi connectivity index (χ2n) is 9.42. The van der Waals surface area contributed by atoms with Gasteiger partial charge in [0.1, 0.15) is 11.9 Å². The molecule has 0 spiro atoms. The molecule has 0 aromatic heterocycles. The quantitative estimate of drug-likeness (QED) is 0.567. The largest absolute Gasteiger partial charge is 0.490 e. The van der Waals surface area contributed by atoms with Gasteiger partial charge < -0.3 is 14.5 Å². The Morgan fingerprint density at radius 1 is 1.06 bits per heavy atom. The van der Waals surface area contributed by atoms with E-state index in [0.717, 1.165) is 31.5 Å². The fourth-order valence-corrected chi connectivity index (χ4v) is 5.04. The molecule has 2 aromatic rings. The van der Waals surface area contributed by atoms with Crippen molar-refractivity contribution < 1.29 is 14.3 Å². The molecule has 182 valence electrons. The van der Waals surface area contributed by atoms with Crippen molar-refractivity contribution in [3.63, 3.8) is 0 Å². The van der Waals surface area contributed by atoms with Gasteiger partial charge in [0.05, 0.1) is 6.54 Å². The van der Waals surface area contributed by atoms with Gasteiger partial charge in [0.2, 0.25) is 11.8 Å². The van der Waals surface area contributed by atoms with Gasteiger partial charge in [-0.05, 0) is 49.7 Å². The van der Waals surface area contributed by atoms with Crippen molar-refractivity contribution in [3.05, 3.63) is 65.2 Å². The Labute approximate surface area is 207 Å². The summed E-state index contributed by atoms with van der Waals surface area (Å²) in [6.07, 6.45) is 3.20. The SMILES string of the molecule is CN(Cc1ccccc1)C(=O)C[C@H]1CN(C(=O)CN2CCCC2)CC[C@@H]1Oc1cccc(Cl)c1. The number of benzene rings is 2. The third-order valence-electron chi connectivity index (χ3n) is 6.78. The molecule has 2 amide bonds. The first-order chi connectivity index (χ1) is 16.5. The minimum absolute atomic E-state index is 0.0578. The third kappa shape index (κ3) is 6.73. The maximum atomic E-state index is 13.2. The van der Waals surface area contributed by atoms with Crippen LogP contribution in [0.25, 0.3) is 0 Å². The molecule has 2 atom stereocenters. The van der Waals surface area contributed by atoms with Gasteiger partial charge >= 0.3 is 0 Å². The third-order valence-corrected chi connectivity index (χ3v) is 7.02. The molecule has 2 heterocycles. The first-order valence-electron chi connectivity index (χ1n) is 12.2. The van der Waals surface area contributed by atoms with E-state index in [0.29, 0.717) is 49.8 Å². The van der Waals surface area contributed by atoms with Gasteiger partial charge in [-0.3, -0.25) is 14.5 Å². The molecule has 7 heteroatoms. The molecular weight excluding hydrogens is 450 g/mol. The normalized spacial score (nSPS) is 20.8. The molecule has 0 bridgehead atoms. The summed E-state index contributed by atoms with van der Waals surface area (Å²) in [5.74, 6) is 0.825. The molecule has 2 aromatic carbocycles. The maximum Gasteiger partial charge on any atom is 0.236 e. The number of piperidine rings is 1. The Kier molecular flexibility index (Phi) is 8.46. The van der Waals surface area contributed by atoms with E-state index >= 15 is 0 Å². The summed E-state index contributed by atoms with van der Waals surface area (Å²) in [6.45, 7) is 4.18. The van der Waals surface area contributed by atoms with Crippen LogP contribution in [0.5, 0.6) is 5.75 Å². The molecule has 2 aliphatic rings. The highest BCUT2D eigenvalue weighted by Crippen LogP contribution is 2.28. The van der Waals surface area contributed by atoms with Crippen molar-refractivity contribution in [2.24, 2.45) is 5.92 Å². The van der Waals surface area contributed by atoms with Crippen LogP contribution in [0.4, 0.5) is 0 Å². The zero-order chi connectivity index (χ0) is 23.9. The van der Waals surface area contributed by atoms with Crippen LogP contribution in [0, 0.1) is 5.92 Å². The lowest BCUT2D eigenvalue weighted by atomic mass is 9.90. The molecule has 2 aliphatic heterocycles. The fourth-order valence-electron chi connectivity index (χ4n) is 4.86. The van der Waals surface area contributed by atoms with E-state index in [2.05, 4.69) is 4.90 Å². The number of rotatable bonds is 8. The molecule has 34 heavy (non-hydrogen) atoms. The number of hydrogen-bond donors (Lipinski definition) is 0. The van der Waals surface area contributed by atoms with Gasteiger partial charge in [-0.25, -0.2) is 0 Å². The predicted octanol–water partition coefficient (Wildman–Crippen LogP) is 4.08. The average Bonchev–Trinajstić information content (AvgIpc) is 3.34. The predicted molar refractivity (Wildman–Crippen MR) is 134 cm³/mol. The number of halogens is 1. The van der Waals surface area contributed by atoms with Crippen molar-refractivity contribution in [2.75, 3.05) is 39.8 Å². The van der Waals surface area contributed by atoms with Crippen LogP contribution in [-0.2, 0) is 16.1 Å². The lowest BCUT2D eigenvalue weighted by Crippen LogP contribution is -2.51. The van der Waals surface area contributed by atoms with Gasteiger partial charge in [0.25, 0.3) is 0 Å². The topological polar surface area (TPSA) is 53.1 Å². The van der Waals surface area contributed by atoms with Crippen LogP contribution in [0.3, 0.4) is 0 Å². The van der Waals surface area contributed by atoms with E-state index in [1.165, 1.54) is 0 Å². The van der Waals surface area contributed by atoms with Gasteiger partial charge in [-0.1, -0.05) is 48.0 Å². The van der Waals surface area contributed by atoms with Crippen LogP contribution >= 0.6 is 11.6 Å². The number of ether oxygens (including phenoxy) is 1. The smallest absolute Gasteiger partial charge is 0.236 e. The summed E-state index contributed by atoms with van der Waals surface area (Å²) >= 11 is 6.15. The summed E-state index contributed by atoms with van der Waals surface area (Å²) in [4.78, 5) is 32.1. The van der Waals surface area contributed by atoms with Gasteiger partial charge in [-0.2, -0.15) is 0 Å². The molecular formula is C27H34ClN3O3. The second kappa shape index (κ2) is 11.7. The summed E-state index contributed by atoms with van der Waals surface area (Å²) in [6, 6.07) is 17.3. The van der Waals surface area contributed by atoms with E-state index < -0.39 is 0 Å². The molecule has 0 unspecified atom stereocenters. The molecule has 0 aliphatic carbocycles. The highest BCUT2D eigenvalue weighted by molar-refractivity contribution is 6.30. The van der Waals surface area contributed by atoms with Crippen LogP contribution in [0.15, 0.2) is 54.6 Å². The van der Waals surface area contributed by atoms with E-state index in [1.54, 1.807) is 11.0 Å². The summed E-state index contributed by atoms with van der Waals surface area (Å²) in [5, 5.41) is 0.617. The summed E-state index contributed by atoms with van der Waals surface area (Å²) in [7, 11) is 1.83. The zero-order valence-electron chi connectivity index (χ0n) is 19.9. The number of amides is 2. The van der Waals surface area contributed by atoms with Crippen LogP contribution in [-0.4, -0.2) is 72.4 Å². The molecule has 0 radical (unpaired) electrons. The van der Waals surface area contributed by atoms with Crippen molar-refractivity contribution in [2.45, 2.75) is 38.3 Å². The van der Waals surface area contributed by atoms with Gasteiger partial charge in [-0.15, -0.1) is 0 Å². The van der Waals surface area contributed by atoms with E-state index in [-0.39, 0.29) is 23.8 Å². The standard InChI is InChI=1S/C27H34ClN3O3/c1-29(18-21-8-3-2-4-9-21)26(32)16-22-19-31(27(33)20-30-13-5-6-14-30)15-12-25(22)34-24-11-7-10-23(28)17-24/h2-4,7-11,17,22,25H,5-6,12-16,18-20H2,1H3/t22-,25-/m0/s1. The molecule has 0 saturated carbocycles. The Hall–Kier alpha value is -2.57. The molecule has 2 saturated heterocycles. The van der Waals surface area contributed by atoms with E-state index in [9.17, 15) is 9.59 Å². The highest BCUT2D eigenvalue weighted by atomic mass is 35.5.